The lowest BCUT2D eigenvalue weighted by atomic mass is 10.1. The maximum atomic E-state index is 13.7. The van der Waals surface area contributed by atoms with E-state index in [0.717, 1.165) is 60.9 Å². The molecule has 0 spiro atoms. The fourth-order valence-corrected chi connectivity index (χ4v) is 5.01. The third-order valence-electron chi connectivity index (χ3n) is 6.77. The zero-order valence-electron chi connectivity index (χ0n) is 20.5. The highest BCUT2D eigenvalue weighted by Crippen LogP contribution is 2.33. The Morgan fingerprint density at radius 1 is 0.861 bits per heavy atom. The minimum absolute atomic E-state index is 0.0787. The summed E-state index contributed by atoms with van der Waals surface area (Å²) in [5, 5.41) is 0.657. The van der Waals surface area contributed by atoms with Crippen LogP contribution in [0.5, 0.6) is 0 Å². The Balaban J connectivity index is 1.34. The zero-order valence-corrected chi connectivity index (χ0v) is 21.2. The van der Waals surface area contributed by atoms with Crippen LogP contribution in [0.1, 0.15) is 21.6 Å². The van der Waals surface area contributed by atoms with Gasteiger partial charge >= 0.3 is 0 Å². The molecule has 0 atom stereocenters. The van der Waals surface area contributed by atoms with E-state index in [0.29, 0.717) is 5.02 Å². The number of aromatic nitrogens is 1. The van der Waals surface area contributed by atoms with E-state index >= 15 is 0 Å². The van der Waals surface area contributed by atoms with E-state index in [9.17, 15) is 4.79 Å². The Kier molecular flexibility index (Phi) is 7.36. The molecule has 1 aromatic heterocycles. The molecule has 1 fully saturated rings. The van der Waals surface area contributed by atoms with Gasteiger partial charge in [0, 0.05) is 38.4 Å². The van der Waals surface area contributed by atoms with Gasteiger partial charge in [-0.05, 0) is 36.2 Å². The number of carbonyl (C=O) groups is 1. The fraction of sp³-hybridized carbons (Fsp3) is 0.194. The summed E-state index contributed by atoms with van der Waals surface area (Å²) in [5.41, 5.74) is 5.74. The SMILES string of the molecule is Cc1c(C(=O)N2CCN(C/C=C/c3ccccc3)CC2)cc(-c2ccccc2)n1-c1ccccc1Cl. The van der Waals surface area contributed by atoms with Crippen LogP contribution >= 0.6 is 11.6 Å². The first-order chi connectivity index (χ1) is 17.6. The van der Waals surface area contributed by atoms with Crippen molar-refractivity contribution in [3.05, 3.63) is 119 Å². The van der Waals surface area contributed by atoms with E-state index in [-0.39, 0.29) is 5.91 Å². The molecular weight excluding hydrogens is 466 g/mol. The van der Waals surface area contributed by atoms with Gasteiger partial charge in [-0.25, -0.2) is 0 Å². The van der Waals surface area contributed by atoms with Crippen LogP contribution in [0.15, 0.2) is 97.1 Å². The summed E-state index contributed by atoms with van der Waals surface area (Å²) in [6.45, 7) is 6.05. The number of nitrogens with zero attached hydrogens (tertiary/aromatic N) is 3. The Bertz CT molecular complexity index is 1350. The lowest BCUT2D eigenvalue weighted by Crippen LogP contribution is -2.48. The fourth-order valence-electron chi connectivity index (χ4n) is 4.79. The summed E-state index contributed by atoms with van der Waals surface area (Å²) in [4.78, 5) is 18.1. The molecule has 5 rings (SSSR count). The van der Waals surface area contributed by atoms with Crippen molar-refractivity contribution in [2.75, 3.05) is 32.7 Å². The van der Waals surface area contributed by atoms with E-state index < -0.39 is 0 Å². The third kappa shape index (κ3) is 5.15. The smallest absolute Gasteiger partial charge is 0.255 e. The van der Waals surface area contributed by atoms with Crippen LogP contribution in [-0.4, -0.2) is 53.0 Å². The van der Waals surface area contributed by atoms with Gasteiger partial charge in [-0.3, -0.25) is 9.69 Å². The summed E-state index contributed by atoms with van der Waals surface area (Å²) >= 11 is 6.60. The number of rotatable bonds is 6. The average Bonchev–Trinajstić information content (AvgIpc) is 3.27. The molecule has 1 aliphatic heterocycles. The van der Waals surface area contributed by atoms with Crippen LogP contribution in [-0.2, 0) is 0 Å². The van der Waals surface area contributed by atoms with Crippen molar-refractivity contribution in [2.24, 2.45) is 0 Å². The van der Waals surface area contributed by atoms with Gasteiger partial charge in [0.25, 0.3) is 5.91 Å². The highest BCUT2D eigenvalue weighted by molar-refractivity contribution is 6.32. The first-order valence-electron chi connectivity index (χ1n) is 12.4. The predicted octanol–water partition coefficient (Wildman–Crippen LogP) is 6.58. The van der Waals surface area contributed by atoms with Gasteiger partial charge in [0.05, 0.1) is 22.0 Å². The monoisotopic (exact) mass is 495 g/mol. The molecule has 1 aliphatic rings. The molecule has 0 radical (unpaired) electrons. The number of benzene rings is 3. The van der Waals surface area contributed by atoms with Crippen LogP contribution in [0.25, 0.3) is 23.0 Å². The third-order valence-corrected chi connectivity index (χ3v) is 7.09. The van der Waals surface area contributed by atoms with E-state index in [2.05, 4.69) is 45.9 Å². The van der Waals surface area contributed by atoms with Crippen molar-refractivity contribution in [3.63, 3.8) is 0 Å². The van der Waals surface area contributed by atoms with E-state index in [4.69, 9.17) is 11.6 Å². The summed E-state index contributed by atoms with van der Waals surface area (Å²) in [7, 11) is 0. The zero-order chi connectivity index (χ0) is 24.9. The number of piperazine rings is 1. The van der Waals surface area contributed by atoms with Gasteiger partial charge in [0.1, 0.15) is 0 Å². The summed E-state index contributed by atoms with van der Waals surface area (Å²) in [6.07, 6.45) is 4.36. The van der Waals surface area contributed by atoms with Crippen LogP contribution in [0.2, 0.25) is 5.02 Å². The Morgan fingerprint density at radius 2 is 1.50 bits per heavy atom. The molecule has 3 aromatic carbocycles. The van der Waals surface area contributed by atoms with Crippen LogP contribution < -0.4 is 0 Å². The standard InChI is InChI=1S/C31H30ClN3O/c1-24-27(23-30(26-14-6-3-7-15-26)35(24)29-17-9-8-16-28(29)32)31(36)34-21-19-33(20-22-34)18-10-13-25-11-4-2-5-12-25/h2-17,23H,18-22H2,1H3/b13-10+. The molecule has 5 heteroatoms. The number of amides is 1. The van der Waals surface area contributed by atoms with Gasteiger partial charge in [0.2, 0.25) is 0 Å². The molecule has 0 bridgehead atoms. The molecule has 0 N–H and O–H groups in total. The number of para-hydroxylation sites is 1. The minimum atomic E-state index is 0.0787. The maximum absolute atomic E-state index is 13.7. The van der Waals surface area contributed by atoms with Gasteiger partial charge in [0.15, 0.2) is 0 Å². The molecule has 1 amide bonds. The number of hydrogen-bond donors (Lipinski definition) is 0. The molecule has 0 saturated carbocycles. The van der Waals surface area contributed by atoms with Gasteiger partial charge in [-0.2, -0.15) is 0 Å². The largest absolute Gasteiger partial charge is 0.336 e. The number of halogens is 1. The van der Waals surface area contributed by atoms with Crippen molar-refractivity contribution < 1.29 is 4.79 Å². The molecule has 0 aliphatic carbocycles. The highest BCUT2D eigenvalue weighted by atomic mass is 35.5. The molecule has 4 nitrogen and oxygen atoms in total. The first-order valence-corrected chi connectivity index (χ1v) is 12.8. The average molecular weight is 496 g/mol. The summed E-state index contributed by atoms with van der Waals surface area (Å²) < 4.78 is 2.11. The number of carbonyl (C=O) groups excluding carboxylic acids is 1. The highest BCUT2D eigenvalue weighted by Gasteiger charge is 2.26. The predicted molar refractivity (Wildman–Crippen MR) is 149 cm³/mol. The maximum Gasteiger partial charge on any atom is 0.255 e. The molecule has 0 unspecified atom stereocenters. The summed E-state index contributed by atoms with van der Waals surface area (Å²) in [5.74, 6) is 0.0787. The van der Waals surface area contributed by atoms with E-state index in [1.165, 1.54) is 5.56 Å². The molecule has 1 saturated heterocycles. The minimum Gasteiger partial charge on any atom is -0.336 e. The van der Waals surface area contributed by atoms with Crippen molar-refractivity contribution in [3.8, 4) is 16.9 Å². The van der Waals surface area contributed by atoms with Gasteiger partial charge in [-0.1, -0.05) is 96.5 Å². The van der Waals surface area contributed by atoms with Crippen molar-refractivity contribution in [1.82, 2.24) is 14.4 Å². The van der Waals surface area contributed by atoms with E-state index in [1.807, 2.05) is 78.6 Å². The van der Waals surface area contributed by atoms with Crippen molar-refractivity contribution in [2.45, 2.75) is 6.92 Å². The quantitative estimate of drug-likeness (QED) is 0.302. The van der Waals surface area contributed by atoms with Crippen LogP contribution in [0.3, 0.4) is 0 Å². The number of hydrogen-bond acceptors (Lipinski definition) is 2. The van der Waals surface area contributed by atoms with E-state index in [1.54, 1.807) is 0 Å². The Hall–Kier alpha value is -3.60. The second-order valence-corrected chi connectivity index (χ2v) is 9.49. The Morgan fingerprint density at radius 3 is 2.19 bits per heavy atom. The van der Waals surface area contributed by atoms with Gasteiger partial charge in [-0.15, -0.1) is 0 Å². The van der Waals surface area contributed by atoms with Crippen molar-refractivity contribution >= 4 is 23.6 Å². The summed E-state index contributed by atoms with van der Waals surface area (Å²) in [6, 6.07) is 30.3. The normalized spacial score (nSPS) is 14.4. The molecule has 36 heavy (non-hydrogen) atoms. The molecule has 4 aromatic rings. The van der Waals surface area contributed by atoms with Crippen LogP contribution in [0, 0.1) is 6.92 Å². The molecule has 2 heterocycles. The Labute approximate surface area is 218 Å². The molecule has 182 valence electrons. The van der Waals surface area contributed by atoms with Gasteiger partial charge < -0.3 is 9.47 Å². The lowest BCUT2D eigenvalue weighted by Gasteiger charge is -2.34. The lowest BCUT2D eigenvalue weighted by molar-refractivity contribution is 0.0649. The topological polar surface area (TPSA) is 28.5 Å². The second-order valence-electron chi connectivity index (χ2n) is 9.09. The second kappa shape index (κ2) is 11.0. The van der Waals surface area contributed by atoms with Crippen molar-refractivity contribution in [1.29, 1.82) is 0 Å². The van der Waals surface area contributed by atoms with Crippen LogP contribution in [0.4, 0.5) is 0 Å². The molecular formula is C31H30ClN3O. The first kappa shape index (κ1) is 24.1.